The van der Waals surface area contributed by atoms with E-state index >= 15 is 0 Å². The summed E-state index contributed by atoms with van der Waals surface area (Å²) in [6, 6.07) is 31.2. The van der Waals surface area contributed by atoms with E-state index in [-0.39, 0.29) is 18.1 Å². The molecule has 2 atom stereocenters. The van der Waals surface area contributed by atoms with Crippen LogP contribution in [0.25, 0.3) is 5.43 Å². The number of nitro benzene ring substituents is 2. The normalized spacial score (nSPS) is 21.9. The van der Waals surface area contributed by atoms with E-state index in [2.05, 4.69) is 0 Å². The quantitative estimate of drug-likeness (QED) is 0.176. The molecule has 0 N–H and O–H groups in total. The zero-order chi connectivity index (χ0) is 26.3. The third kappa shape index (κ3) is 3.40. The van der Waals surface area contributed by atoms with Gasteiger partial charge in [-0.2, -0.15) is 10.5 Å². The molecule has 4 aromatic rings. The molecule has 0 aliphatic carbocycles. The summed E-state index contributed by atoms with van der Waals surface area (Å²) >= 11 is 0. The van der Waals surface area contributed by atoms with Gasteiger partial charge in [0.25, 0.3) is 11.4 Å². The maximum atomic E-state index is 11.3. The van der Waals surface area contributed by atoms with Crippen molar-refractivity contribution in [3.8, 4) is 0 Å². The van der Waals surface area contributed by atoms with Gasteiger partial charge in [-0.3, -0.25) is 20.2 Å². The third-order valence-electron chi connectivity index (χ3n) is 6.75. The van der Waals surface area contributed by atoms with E-state index in [1.54, 1.807) is 24.3 Å². The average molecular weight is 508 g/mol. The first-order valence-corrected chi connectivity index (χ1v) is 11.7. The molecule has 38 heavy (non-hydrogen) atoms. The first-order valence-electron chi connectivity index (χ1n) is 11.7. The number of ether oxygens (including phenoxy) is 1. The molecule has 0 amide bonds. The number of rotatable bonds is 6. The molecule has 2 heterocycles. The Morgan fingerprint density at radius 1 is 0.763 bits per heavy atom. The predicted molar refractivity (Wildman–Crippen MR) is 137 cm³/mol. The molecule has 188 valence electrons. The summed E-state index contributed by atoms with van der Waals surface area (Å²) < 4.78 is 6.55. The smallest absolute Gasteiger partial charge is 0.269 e. The first kappa shape index (κ1) is 23.3. The van der Waals surface area contributed by atoms with Crippen molar-refractivity contribution < 1.29 is 19.4 Å². The van der Waals surface area contributed by atoms with Gasteiger partial charge in [0, 0.05) is 42.1 Å². The lowest BCUT2D eigenvalue weighted by Gasteiger charge is -2.44. The van der Waals surface area contributed by atoms with Crippen molar-refractivity contribution in [1.82, 2.24) is 0 Å². The van der Waals surface area contributed by atoms with Crippen molar-refractivity contribution in [2.45, 2.75) is 11.4 Å². The Morgan fingerprint density at radius 3 is 1.84 bits per heavy atom. The van der Waals surface area contributed by atoms with Gasteiger partial charge >= 0.3 is 0 Å². The molecule has 0 spiro atoms. The average Bonchev–Trinajstić information content (AvgIpc) is 3.47. The second-order valence-corrected chi connectivity index (χ2v) is 8.79. The lowest BCUT2D eigenvalue weighted by Crippen LogP contribution is -2.50. The maximum absolute atomic E-state index is 11.3. The van der Waals surface area contributed by atoms with Crippen LogP contribution in [0.1, 0.15) is 11.1 Å². The summed E-state index contributed by atoms with van der Waals surface area (Å²) in [5.74, 6) is 0. The van der Waals surface area contributed by atoms with Crippen molar-refractivity contribution in [2.24, 2.45) is 5.11 Å². The van der Waals surface area contributed by atoms with Crippen molar-refractivity contribution >= 4 is 22.7 Å². The highest BCUT2D eigenvalue weighted by Crippen LogP contribution is 2.61. The van der Waals surface area contributed by atoms with Crippen molar-refractivity contribution in [3.05, 3.63) is 146 Å². The number of azo groups is 1. The van der Waals surface area contributed by atoms with Crippen LogP contribution in [0.2, 0.25) is 0 Å². The van der Waals surface area contributed by atoms with Crippen LogP contribution < -0.4 is 4.90 Å². The Morgan fingerprint density at radius 2 is 1.29 bits per heavy atom. The van der Waals surface area contributed by atoms with Crippen LogP contribution in [-0.4, -0.2) is 21.4 Å². The summed E-state index contributed by atoms with van der Waals surface area (Å²) in [4.78, 5) is 25.0. The SMILES string of the molecule is O=[N+]([O-])c1ccc(N2CO[C@@]3(c4ccccc4)N=[N+](c4ccc([N+](=O)[O-])cc4)[N-][C@@]23c2ccccc2)cc1. The monoisotopic (exact) mass is 508 g/mol. The molecule has 1 saturated heterocycles. The van der Waals surface area contributed by atoms with E-state index in [0.717, 1.165) is 11.1 Å². The van der Waals surface area contributed by atoms with Gasteiger partial charge in [-0.05, 0) is 23.3 Å². The number of nitro groups is 2. The molecule has 0 saturated carbocycles. The lowest BCUT2D eigenvalue weighted by molar-refractivity contribution is -0.461. The molecular formula is C27H20N6O5. The Balaban J connectivity index is 1.57. The molecule has 0 aromatic heterocycles. The second kappa shape index (κ2) is 8.75. The van der Waals surface area contributed by atoms with Crippen molar-refractivity contribution in [3.63, 3.8) is 0 Å². The number of benzene rings is 4. The van der Waals surface area contributed by atoms with Crippen molar-refractivity contribution in [1.29, 1.82) is 0 Å². The Labute approximate surface area is 216 Å². The second-order valence-electron chi connectivity index (χ2n) is 8.79. The molecule has 11 nitrogen and oxygen atoms in total. The minimum Gasteiger partial charge on any atom is -0.342 e. The van der Waals surface area contributed by atoms with Crippen molar-refractivity contribution in [2.75, 3.05) is 11.6 Å². The summed E-state index contributed by atoms with van der Waals surface area (Å²) in [6.07, 6.45) is 0. The molecule has 4 aromatic carbocycles. The summed E-state index contributed by atoms with van der Waals surface area (Å²) in [6.45, 7) is 0.0999. The number of fused-ring (bicyclic) bond motifs is 1. The molecule has 0 unspecified atom stereocenters. The first-order chi connectivity index (χ1) is 18.4. The Kier molecular flexibility index (Phi) is 5.35. The standard InChI is InChI=1S/C27H20N6O5/c34-32(35)24-15-11-22(12-16-24)30-19-38-27(21-9-5-2-6-10-21)26(30,20-7-3-1-4-8-20)28-31(29-27)23-13-17-25(18-14-23)33(36)37/h1-18H,19H2/t26-,27+/m0/s1. The van der Waals surface area contributed by atoms with Crippen LogP contribution in [0.5, 0.6) is 0 Å². The van der Waals surface area contributed by atoms with Gasteiger partial charge in [0.05, 0.1) is 9.85 Å². The molecule has 0 radical (unpaired) electrons. The van der Waals surface area contributed by atoms with Gasteiger partial charge in [-0.25, -0.2) is 0 Å². The number of non-ortho nitro benzene ring substituents is 2. The number of nitrogens with zero attached hydrogens (tertiary/aromatic N) is 6. The predicted octanol–water partition coefficient (Wildman–Crippen LogP) is 6.10. The van der Waals surface area contributed by atoms with E-state index in [0.29, 0.717) is 11.4 Å². The zero-order valence-corrected chi connectivity index (χ0v) is 19.8. The van der Waals surface area contributed by atoms with Crippen LogP contribution in [0.3, 0.4) is 0 Å². The van der Waals surface area contributed by atoms with E-state index in [9.17, 15) is 20.2 Å². The topological polar surface area (TPSA) is 128 Å². The Hall–Kier alpha value is -5.16. The molecular weight excluding hydrogens is 488 g/mol. The number of anilines is 1. The summed E-state index contributed by atoms with van der Waals surface area (Å²) in [7, 11) is 0. The highest BCUT2D eigenvalue weighted by molar-refractivity contribution is 5.60. The van der Waals surface area contributed by atoms with Crippen LogP contribution in [0.15, 0.2) is 114 Å². The fourth-order valence-electron chi connectivity index (χ4n) is 4.97. The van der Waals surface area contributed by atoms with Gasteiger partial charge in [0.15, 0.2) is 11.4 Å². The summed E-state index contributed by atoms with van der Waals surface area (Å²) in [5, 5.41) is 27.5. The van der Waals surface area contributed by atoms with E-state index in [1.165, 1.54) is 29.1 Å². The zero-order valence-electron chi connectivity index (χ0n) is 19.8. The molecule has 6 rings (SSSR count). The molecule has 0 bridgehead atoms. The maximum Gasteiger partial charge on any atom is 0.269 e. The van der Waals surface area contributed by atoms with E-state index in [1.807, 2.05) is 65.6 Å². The lowest BCUT2D eigenvalue weighted by atomic mass is 9.83. The molecule has 2 aliphatic heterocycles. The van der Waals surface area contributed by atoms with Crippen LogP contribution in [-0.2, 0) is 16.1 Å². The number of hydrogen-bond acceptors (Lipinski definition) is 7. The highest BCUT2D eigenvalue weighted by atomic mass is 16.6. The molecule has 2 aliphatic rings. The van der Waals surface area contributed by atoms with Crippen LogP contribution in [0, 0.1) is 20.2 Å². The van der Waals surface area contributed by atoms with E-state index < -0.39 is 21.2 Å². The van der Waals surface area contributed by atoms with Gasteiger partial charge < -0.3 is 9.64 Å². The molecule has 1 fully saturated rings. The Bertz CT molecular complexity index is 1550. The third-order valence-corrected chi connectivity index (χ3v) is 6.75. The highest BCUT2D eigenvalue weighted by Gasteiger charge is 2.65. The van der Waals surface area contributed by atoms with Gasteiger partial charge in [0.2, 0.25) is 5.69 Å². The van der Waals surface area contributed by atoms with Gasteiger partial charge in [-0.15, -0.1) is 4.81 Å². The van der Waals surface area contributed by atoms with Crippen LogP contribution >= 0.6 is 0 Å². The van der Waals surface area contributed by atoms with Gasteiger partial charge in [0.1, 0.15) is 6.73 Å². The van der Waals surface area contributed by atoms with E-state index in [4.69, 9.17) is 15.3 Å². The van der Waals surface area contributed by atoms with Crippen LogP contribution in [0.4, 0.5) is 22.7 Å². The minimum atomic E-state index is -1.33. The molecule has 11 heteroatoms. The fraction of sp³-hybridized carbons (Fsp3) is 0.111. The fourth-order valence-corrected chi connectivity index (χ4v) is 4.97. The largest absolute Gasteiger partial charge is 0.342 e. The number of hydrogen-bond donors (Lipinski definition) is 0. The van der Waals surface area contributed by atoms with Gasteiger partial charge in [-0.1, -0.05) is 60.7 Å². The minimum absolute atomic E-state index is 0.0301. The summed E-state index contributed by atoms with van der Waals surface area (Å²) in [5.41, 5.74) is 5.18.